The fourth-order valence-corrected chi connectivity index (χ4v) is 4.60. The fourth-order valence-electron chi connectivity index (χ4n) is 4.60. The smallest absolute Gasteiger partial charge is 0.254 e. The minimum Gasteiger partial charge on any atom is -0.360 e. The van der Waals surface area contributed by atoms with Crippen LogP contribution in [0.4, 0.5) is 0 Å². The zero-order valence-electron chi connectivity index (χ0n) is 11.3. The van der Waals surface area contributed by atoms with Crippen LogP contribution in [0.3, 0.4) is 0 Å². The average molecular weight is 281 g/mol. The van der Waals surface area contributed by atoms with Crippen molar-refractivity contribution in [3.8, 4) is 0 Å². The van der Waals surface area contributed by atoms with Crippen molar-refractivity contribution in [2.75, 3.05) is 0 Å². The number of hydrazone groups is 1. The van der Waals surface area contributed by atoms with E-state index in [1.807, 2.05) is 12.1 Å². The number of H-pyrrole nitrogens is 1. The maximum absolute atomic E-state index is 12.6. The van der Waals surface area contributed by atoms with Crippen LogP contribution >= 0.6 is 0 Å². The molecule has 5 heteroatoms. The standard InChI is InChI=1S/C16H15N3O2/c20-15-13-9-3-4-10(12-6-11(9)12)14(13)16(21)19(15)18-7-8-2-1-5-17-8/h1-5,7,9-14,17H,6H2/b18-7-/t9-,10-,11-,12+,13+,14+/m1/s1. The Kier molecular flexibility index (Phi) is 2.04. The first-order valence-electron chi connectivity index (χ1n) is 7.49. The van der Waals surface area contributed by atoms with Crippen molar-refractivity contribution in [1.29, 1.82) is 0 Å². The van der Waals surface area contributed by atoms with Crippen molar-refractivity contribution in [3.05, 3.63) is 36.2 Å². The maximum Gasteiger partial charge on any atom is 0.254 e. The highest BCUT2D eigenvalue weighted by atomic mass is 16.2. The summed E-state index contributed by atoms with van der Waals surface area (Å²) >= 11 is 0. The molecular formula is C16H15N3O2. The third-order valence-electron chi connectivity index (χ3n) is 5.57. The number of carbonyl (C=O) groups is 2. The summed E-state index contributed by atoms with van der Waals surface area (Å²) in [6.45, 7) is 0. The summed E-state index contributed by atoms with van der Waals surface area (Å²) in [7, 11) is 0. The van der Waals surface area contributed by atoms with E-state index in [4.69, 9.17) is 0 Å². The topological polar surface area (TPSA) is 65.5 Å². The van der Waals surface area contributed by atoms with Crippen molar-refractivity contribution in [2.45, 2.75) is 6.42 Å². The molecule has 2 saturated carbocycles. The highest BCUT2D eigenvalue weighted by Crippen LogP contribution is 2.65. The number of amides is 2. The number of nitrogens with zero attached hydrogens (tertiary/aromatic N) is 2. The van der Waals surface area contributed by atoms with Gasteiger partial charge in [-0.3, -0.25) is 9.59 Å². The summed E-state index contributed by atoms with van der Waals surface area (Å²) in [5.41, 5.74) is 0.786. The zero-order chi connectivity index (χ0) is 14.1. The molecule has 21 heavy (non-hydrogen) atoms. The van der Waals surface area contributed by atoms with Gasteiger partial charge in [-0.1, -0.05) is 12.2 Å². The molecule has 1 aliphatic heterocycles. The van der Waals surface area contributed by atoms with E-state index in [0.29, 0.717) is 11.8 Å². The number of aromatic amines is 1. The molecule has 2 bridgehead atoms. The van der Waals surface area contributed by atoms with Crippen LogP contribution in [-0.4, -0.2) is 28.0 Å². The van der Waals surface area contributed by atoms with Gasteiger partial charge in [-0.15, -0.1) is 0 Å². The summed E-state index contributed by atoms with van der Waals surface area (Å²) in [5.74, 6) is 1.21. The van der Waals surface area contributed by atoms with Crippen LogP contribution < -0.4 is 0 Å². The number of imide groups is 1. The molecule has 3 fully saturated rings. The molecule has 5 aliphatic rings. The Morgan fingerprint density at radius 2 is 1.81 bits per heavy atom. The second-order valence-corrected chi connectivity index (χ2v) is 6.51. The van der Waals surface area contributed by atoms with Gasteiger partial charge >= 0.3 is 0 Å². The lowest BCUT2D eigenvalue weighted by Gasteiger charge is -2.37. The summed E-state index contributed by atoms with van der Waals surface area (Å²) in [6.07, 6.45) is 8.85. The van der Waals surface area contributed by atoms with E-state index < -0.39 is 0 Å². The Bertz CT molecular complexity index is 654. The third-order valence-corrected chi connectivity index (χ3v) is 5.57. The minimum absolute atomic E-state index is 0.113. The van der Waals surface area contributed by atoms with Gasteiger partial charge in [0, 0.05) is 6.20 Å². The molecule has 0 spiro atoms. The van der Waals surface area contributed by atoms with E-state index in [1.54, 1.807) is 12.4 Å². The number of nitrogens with one attached hydrogen (secondary N) is 1. The molecule has 1 aromatic rings. The predicted octanol–water partition coefficient (Wildman–Crippen LogP) is 1.40. The average Bonchev–Trinajstić information content (AvgIpc) is 3.10. The molecule has 1 saturated heterocycles. The molecule has 0 unspecified atom stereocenters. The Morgan fingerprint density at radius 3 is 2.38 bits per heavy atom. The first-order chi connectivity index (χ1) is 10.3. The molecule has 1 N–H and O–H groups in total. The van der Waals surface area contributed by atoms with Gasteiger partial charge in [-0.05, 0) is 42.2 Å². The van der Waals surface area contributed by atoms with Gasteiger partial charge in [0.25, 0.3) is 11.8 Å². The molecule has 2 amide bonds. The lowest BCUT2D eigenvalue weighted by molar-refractivity contribution is -0.140. The second kappa shape index (κ2) is 3.72. The summed E-state index contributed by atoms with van der Waals surface area (Å²) in [5, 5.41) is 5.24. The number of rotatable bonds is 2. The Morgan fingerprint density at radius 1 is 1.14 bits per heavy atom. The Balaban J connectivity index is 1.48. The Labute approximate surface area is 121 Å². The third kappa shape index (κ3) is 1.38. The van der Waals surface area contributed by atoms with Crippen molar-refractivity contribution in [2.24, 2.45) is 40.6 Å². The lowest BCUT2D eigenvalue weighted by Crippen LogP contribution is -2.40. The highest BCUT2D eigenvalue weighted by molar-refractivity contribution is 6.06. The fraction of sp³-hybridized carbons (Fsp3) is 0.438. The molecule has 1 aromatic heterocycles. The van der Waals surface area contributed by atoms with Gasteiger partial charge in [-0.25, -0.2) is 0 Å². The second-order valence-electron chi connectivity index (χ2n) is 6.51. The van der Waals surface area contributed by atoms with Crippen LogP contribution in [0.15, 0.2) is 35.6 Å². The van der Waals surface area contributed by atoms with Gasteiger partial charge in [0.05, 0.1) is 23.7 Å². The van der Waals surface area contributed by atoms with Crippen molar-refractivity contribution >= 4 is 18.0 Å². The van der Waals surface area contributed by atoms with E-state index >= 15 is 0 Å². The number of hydrogen-bond acceptors (Lipinski definition) is 3. The van der Waals surface area contributed by atoms with Crippen LogP contribution in [0.5, 0.6) is 0 Å². The van der Waals surface area contributed by atoms with Gasteiger partial charge in [0.2, 0.25) is 0 Å². The largest absolute Gasteiger partial charge is 0.360 e. The molecule has 106 valence electrons. The molecule has 6 atom stereocenters. The van der Waals surface area contributed by atoms with Crippen LogP contribution in [0.2, 0.25) is 0 Å². The first kappa shape index (κ1) is 11.5. The van der Waals surface area contributed by atoms with Gasteiger partial charge < -0.3 is 4.98 Å². The molecular weight excluding hydrogens is 266 g/mol. The summed E-state index contributed by atoms with van der Waals surface area (Å²) in [4.78, 5) is 28.2. The van der Waals surface area contributed by atoms with Crippen LogP contribution in [0.1, 0.15) is 12.1 Å². The maximum atomic E-state index is 12.6. The Hall–Kier alpha value is -2.17. The van der Waals surface area contributed by atoms with E-state index in [0.717, 1.165) is 10.7 Å². The minimum atomic E-state index is -0.169. The van der Waals surface area contributed by atoms with Crippen molar-refractivity contribution in [1.82, 2.24) is 9.99 Å². The first-order valence-corrected chi connectivity index (χ1v) is 7.49. The molecule has 0 radical (unpaired) electrons. The molecule has 4 aliphatic carbocycles. The number of hydrogen-bond donors (Lipinski definition) is 1. The van der Waals surface area contributed by atoms with Gasteiger partial charge in [0.15, 0.2) is 0 Å². The lowest BCUT2D eigenvalue weighted by atomic mass is 9.63. The molecule has 0 aromatic carbocycles. The van der Waals surface area contributed by atoms with E-state index in [-0.39, 0.29) is 35.5 Å². The SMILES string of the molecule is O=C1[C@H]2[C@@H]3C=C[C@H]([C@@H]4C[C@H]34)[C@@H]2C(=O)N1/N=C\c1ccc[nH]1. The van der Waals surface area contributed by atoms with Crippen LogP contribution in [-0.2, 0) is 9.59 Å². The molecule has 2 heterocycles. The summed E-state index contributed by atoms with van der Waals surface area (Å²) in [6, 6.07) is 3.70. The van der Waals surface area contributed by atoms with Crippen molar-refractivity contribution in [3.63, 3.8) is 0 Å². The molecule has 5 nitrogen and oxygen atoms in total. The zero-order valence-corrected chi connectivity index (χ0v) is 11.3. The number of aromatic nitrogens is 1. The number of carbonyl (C=O) groups excluding carboxylic acids is 2. The predicted molar refractivity (Wildman–Crippen MR) is 74.9 cm³/mol. The normalized spacial score (nSPS) is 42.8. The van der Waals surface area contributed by atoms with Crippen LogP contribution in [0, 0.1) is 35.5 Å². The van der Waals surface area contributed by atoms with Crippen LogP contribution in [0.25, 0.3) is 0 Å². The monoisotopic (exact) mass is 281 g/mol. The summed E-state index contributed by atoms with van der Waals surface area (Å²) < 4.78 is 0. The van der Waals surface area contributed by atoms with E-state index in [1.165, 1.54) is 6.42 Å². The van der Waals surface area contributed by atoms with Gasteiger partial charge in [0.1, 0.15) is 0 Å². The van der Waals surface area contributed by atoms with Crippen molar-refractivity contribution < 1.29 is 9.59 Å². The van der Waals surface area contributed by atoms with Gasteiger partial charge in [-0.2, -0.15) is 10.1 Å². The molecule has 6 rings (SSSR count). The van der Waals surface area contributed by atoms with E-state index in [9.17, 15) is 9.59 Å². The number of allylic oxidation sites excluding steroid dienone is 2. The quantitative estimate of drug-likeness (QED) is 0.506. The highest BCUT2D eigenvalue weighted by Gasteiger charge is 2.67. The van der Waals surface area contributed by atoms with E-state index in [2.05, 4.69) is 22.2 Å².